The van der Waals surface area contributed by atoms with Gasteiger partial charge in [-0.3, -0.25) is 0 Å². The van der Waals surface area contributed by atoms with Crippen molar-refractivity contribution in [3.05, 3.63) is 29.8 Å². The maximum absolute atomic E-state index is 11.9. The number of benzene rings is 1. The van der Waals surface area contributed by atoms with Crippen LogP contribution in [-0.2, 0) is 10.0 Å². The van der Waals surface area contributed by atoms with Crippen molar-refractivity contribution >= 4 is 16.0 Å². The third-order valence-corrected chi connectivity index (χ3v) is 4.37. The van der Waals surface area contributed by atoms with Crippen LogP contribution in [0.25, 0.3) is 0 Å². The van der Waals surface area contributed by atoms with E-state index in [0.717, 1.165) is 19.3 Å². The fourth-order valence-electron chi connectivity index (χ4n) is 1.59. The van der Waals surface area contributed by atoms with Crippen molar-refractivity contribution in [2.24, 2.45) is 0 Å². The van der Waals surface area contributed by atoms with Crippen molar-refractivity contribution in [1.29, 1.82) is 0 Å². The Morgan fingerprint density at radius 1 is 1.24 bits per heavy atom. The molecule has 0 atom stereocenters. The van der Waals surface area contributed by atoms with E-state index in [9.17, 15) is 13.2 Å². The molecule has 1 aliphatic carbocycles. The van der Waals surface area contributed by atoms with Gasteiger partial charge in [0.25, 0.3) is 0 Å². The third-order valence-electron chi connectivity index (χ3n) is 2.84. The Labute approximate surface area is 99.5 Å². The first-order chi connectivity index (χ1) is 7.99. The van der Waals surface area contributed by atoms with Crippen molar-refractivity contribution < 1.29 is 18.3 Å². The van der Waals surface area contributed by atoms with Gasteiger partial charge < -0.3 is 5.11 Å². The normalized spacial score (nSPS) is 16.5. The second-order valence-corrected chi connectivity index (χ2v) is 5.79. The number of carbonyl (C=O) groups is 1. The molecule has 0 aliphatic heterocycles. The van der Waals surface area contributed by atoms with Crippen LogP contribution in [-0.4, -0.2) is 25.5 Å². The van der Waals surface area contributed by atoms with E-state index in [-0.39, 0.29) is 16.5 Å². The lowest BCUT2D eigenvalue weighted by Gasteiger charge is -2.26. The molecule has 1 fully saturated rings. The summed E-state index contributed by atoms with van der Waals surface area (Å²) in [4.78, 5) is 10.7. The molecule has 0 saturated heterocycles. The Bertz CT molecular complexity index is 517. The maximum atomic E-state index is 11.9. The van der Waals surface area contributed by atoms with Gasteiger partial charge in [-0.1, -0.05) is 6.42 Å². The molecule has 2 rings (SSSR count). The molecule has 1 aromatic rings. The van der Waals surface area contributed by atoms with E-state index in [4.69, 9.17) is 5.11 Å². The highest BCUT2D eigenvalue weighted by Gasteiger charge is 2.24. The lowest BCUT2D eigenvalue weighted by molar-refractivity contribution is 0.0696. The second kappa shape index (κ2) is 4.46. The summed E-state index contributed by atoms with van der Waals surface area (Å²) in [7, 11) is -3.51. The Morgan fingerprint density at radius 2 is 1.82 bits per heavy atom. The minimum Gasteiger partial charge on any atom is -0.478 e. The first-order valence-electron chi connectivity index (χ1n) is 5.35. The zero-order valence-corrected chi connectivity index (χ0v) is 9.90. The number of rotatable bonds is 4. The van der Waals surface area contributed by atoms with Crippen LogP contribution in [0.2, 0.25) is 0 Å². The zero-order valence-electron chi connectivity index (χ0n) is 9.09. The number of hydrogen-bond acceptors (Lipinski definition) is 3. The van der Waals surface area contributed by atoms with E-state index in [1.807, 2.05) is 0 Å². The molecular formula is C11H13NO4S. The number of hydrogen-bond donors (Lipinski definition) is 2. The van der Waals surface area contributed by atoms with E-state index in [2.05, 4.69) is 4.72 Å². The molecule has 92 valence electrons. The van der Waals surface area contributed by atoms with Gasteiger partial charge in [0.05, 0.1) is 10.5 Å². The SMILES string of the molecule is O=C(O)c1ccc(S(=O)(=O)NC2CCC2)cc1. The molecule has 5 nitrogen and oxygen atoms in total. The van der Waals surface area contributed by atoms with E-state index in [1.165, 1.54) is 24.3 Å². The van der Waals surface area contributed by atoms with Crippen molar-refractivity contribution in [1.82, 2.24) is 4.72 Å². The fraction of sp³-hybridized carbons (Fsp3) is 0.364. The van der Waals surface area contributed by atoms with Crippen molar-refractivity contribution in [2.45, 2.75) is 30.2 Å². The fourth-order valence-corrected chi connectivity index (χ4v) is 2.90. The van der Waals surface area contributed by atoms with Crippen molar-refractivity contribution in [2.75, 3.05) is 0 Å². The predicted octanol–water partition coefficient (Wildman–Crippen LogP) is 1.22. The first-order valence-corrected chi connectivity index (χ1v) is 6.83. The Morgan fingerprint density at radius 3 is 2.24 bits per heavy atom. The van der Waals surface area contributed by atoms with Gasteiger partial charge in [0, 0.05) is 6.04 Å². The molecule has 0 aromatic heterocycles. The summed E-state index contributed by atoms with van der Waals surface area (Å²) < 4.78 is 26.3. The van der Waals surface area contributed by atoms with Crippen LogP contribution in [0.3, 0.4) is 0 Å². The monoisotopic (exact) mass is 255 g/mol. The molecule has 6 heteroatoms. The Hall–Kier alpha value is -1.40. The van der Waals surface area contributed by atoms with Crippen LogP contribution in [0.15, 0.2) is 29.2 Å². The smallest absolute Gasteiger partial charge is 0.335 e. The largest absolute Gasteiger partial charge is 0.478 e. The quantitative estimate of drug-likeness (QED) is 0.847. The van der Waals surface area contributed by atoms with Crippen molar-refractivity contribution in [3.8, 4) is 0 Å². The molecule has 0 unspecified atom stereocenters. The van der Waals surface area contributed by atoms with Gasteiger partial charge in [0.2, 0.25) is 10.0 Å². The molecule has 0 radical (unpaired) electrons. The summed E-state index contributed by atoms with van der Waals surface area (Å²) in [5.41, 5.74) is 0.0765. The average molecular weight is 255 g/mol. The van der Waals surface area contributed by atoms with Crippen LogP contribution >= 0.6 is 0 Å². The van der Waals surface area contributed by atoms with E-state index < -0.39 is 16.0 Å². The summed E-state index contributed by atoms with van der Waals surface area (Å²) >= 11 is 0. The number of nitrogens with one attached hydrogen (secondary N) is 1. The van der Waals surface area contributed by atoms with Gasteiger partial charge in [-0.25, -0.2) is 17.9 Å². The predicted molar refractivity (Wildman–Crippen MR) is 61.4 cm³/mol. The van der Waals surface area contributed by atoms with Crippen LogP contribution < -0.4 is 4.72 Å². The van der Waals surface area contributed by atoms with Crippen LogP contribution in [0, 0.1) is 0 Å². The van der Waals surface area contributed by atoms with Crippen LogP contribution in [0.4, 0.5) is 0 Å². The molecule has 17 heavy (non-hydrogen) atoms. The lowest BCUT2D eigenvalue weighted by Crippen LogP contribution is -2.39. The zero-order chi connectivity index (χ0) is 12.5. The molecule has 1 aromatic carbocycles. The number of sulfonamides is 1. The minimum atomic E-state index is -3.51. The van der Waals surface area contributed by atoms with Gasteiger partial charge in [-0.05, 0) is 37.1 Å². The summed E-state index contributed by atoms with van der Waals surface area (Å²) in [5, 5.41) is 8.71. The van der Waals surface area contributed by atoms with Gasteiger partial charge >= 0.3 is 5.97 Å². The van der Waals surface area contributed by atoms with E-state index in [0.29, 0.717) is 0 Å². The minimum absolute atomic E-state index is 0.0270. The highest BCUT2D eigenvalue weighted by molar-refractivity contribution is 7.89. The van der Waals surface area contributed by atoms with Gasteiger partial charge in [-0.2, -0.15) is 0 Å². The Balaban J connectivity index is 2.17. The van der Waals surface area contributed by atoms with Gasteiger partial charge in [0.1, 0.15) is 0 Å². The molecule has 0 amide bonds. The summed E-state index contributed by atoms with van der Waals surface area (Å²) in [6.45, 7) is 0. The molecule has 1 aliphatic rings. The first kappa shape index (κ1) is 12.1. The van der Waals surface area contributed by atoms with E-state index in [1.54, 1.807) is 0 Å². The molecule has 0 heterocycles. The molecular weight excluding hydrogens is 242 g/mol. The number of carboxylic acids is 1. The highest BCUT2D eigenvalue weighted by Crippen LogP contribution is 2.21. The number of aromatic carboxylic acids is 1. The molecule has 2 N–H and O–H groups in total. The highest BCUT2D eigenvalue weighted by atomic mass is 32.2. The molecule has 1 saturated carbocycles. The summed E-state index contributed by atoms with van der Waals surface area (Å²) in [6, 6.07) is 5.23. The van der Waals surface area contributed by atoms with Crippen LogP contribution in [0.5, 0.6) is 0 Å². The number of carboxylic acid groups (broad SMARTS) is 1. The van der Waals surface area contributed by atoms with Crippen LogP contribution in [0.1, 0.15) is 29.6 Å². The summed E-state index contributed by atoms with van der Waals surface area (Å²) in [5.74, 6) is -1.07. The van der Waals surface area contributed by atoms with Crippen molar-refractivity contribution in [3.63, 3.8) is 0 Å². The second-order valence-electron chi connectivity index (χ2n) is 4.08. The third kappa shape index (κ3) is 2.65. The van der Waals surface area contributed by atoms with E-state index >= 15 is 0 Å². The Kier molecular flexibility index (Phi) is 3.17. The van der Waals surface area contributed by atoms with Gasteiger partial charge in [0.15, 0.2) is 0 Å². The maximum Gasteiger partial charge on any atom is 0.335 e. The molecule has 0 bridgehead atoms. The van der Waals surface area contributed by atoms with Gasteiger partial charge in [-0.15, -0.1) is 0 Å². The standard InChI is InChI=1S/C11H13NO4S/c13-11(14)8-4-6-10(7-5-8)17(15,16)12-9-2-1-3-9/h4-7,9,12H,1-3H2,(H,13,14). The lowest BCUT2D eigenvalue weighted by atomic mass is 9.94. The summed E-state index contributed by atoms with van der Waals surface area (Å²) in [6.07, 6.45) is 2.78. The molecule has 0 spiro atoms. The topological polar surface area (TPSA) is 83.5 Å². The average Bonchev–Trinajstić information content (AvgIpc) is 2.24.